The molecule has 3 heteroatoms. The van der Waals surface area contributed by atoms with Crippen LogP contribution in [0.2, 0.25) is 0 Å². The molecule has 3 nitrogen and oxygen atoms in total. The van der Waals surface area contributed by atoms with E-state index in [1.54, 1.807) is 12.3 Å². The Bertz CT molecular complexity index is 367. The molecule has 15 heavy (non-hydrogen) atoms. The molecule has 1 aromatic heterocycles. The van der Waals surface area contributed by atoms with Crippen LogP contribution in [0.3, 0.4) is 0 Å². The van der Waals surface area contributed by atoms with E-state index in [1.807, 2.05) is 30.3 Å². The summed E-state index contributed by atoms with van der Waals surface area (Å²) in [5.74, 6) is 0.683. The number of ether oxygens (including phenoxy) is 2. The van der Waals surface area contributed by atoms with Crippen LogP contribution in [0.1, 0.15) is 5.56 Å². The second-order valence-corrected chi connectivity index (χ2v) is 3.06. The number of benzene rings is 1. The molecule has 0 fully saturated rings. The molecule has 1 heterocycles. The summed E-state index contributed by atoms with van der Waals surface area (Å²) >= 11 is 0. The number of furan rings is 1. The first-order chi connectivity index (χ1) is 7.45. The molecule has 0 aliphatic heterocycles. The summed E-state index contributed by atoms with van der Waals surface area (Å²) in [5.41, 5.74) is 1.13. The molecular weight excluding hydrogens is 192 g/mol. The van der Waals surface area contributed by atoms with Crippen molar-refractivity contribution in [2.24, 2.45) is 0 Å². The van der Waals surface area contributed by atoms with E-state index in [0.717, 1.165) is 5.56 Å². The van der Waals surface area contributed by atoms with E-state index in [0.29, 0.717) is 12.4 Å². The average molecular weight is 204 g/mol. The largest absolute Gasteiger partial charge is 0.469 e. The second kappa shape index (κ2) is 5.22. The molecule has 1 aromatic carbocycles. The molecule has 0 atom stereocenters. The number of hydrogen-bond donors (Lipinski definition) is 0. The molecule has 0 amide bonds. The summed E-state index contributed by atoms with van der Waals surface area (Å²) in [7, 11) is 0. The number of hydrogen-bond acceptors (Lipinski definition) is 3. The number of rotatable bonds is 5. The Morgan fingerprint density at radius 1 is 1.07 bits per heavy atom. The molecule has 0 saturated heterocycles. The van der Waals surface area contributed by atoms with Gasteiger partial charge in [-0.05, 0) is 5.56 Å². The summed E-state index contributed by atoms with van der Waals surface area (Å²) in [6, 6.07) is 11.7. The van der Waals surface area contributed by atoms with E-state index in [9.17, 15) is 0 Å². The lowest BCUT2D eigenvalue weighted by atomic mass is 10.2. The molecule has 0 bridgehead atoms. The van der Waals surface area contributed by atoms with E-state index in [4.69, 9.17) is 13.9 Å². The zero-order valence-electron chi connectivity index (χ0n) is 8.26. The second-order valence-electron chi connectivity index (χ2n) is 3.06. The van der Waals surface area contributed by atoms with E-state index in [1.165, 1.54) is 6.26 Å². The third-order valence-corrected chi connectivity index (χ3v) is 1.92. The Balaban J connectivity index is 1.68. The molecule has 0 N–H and O–H groups in total. The fourth-order valence-corrected chi connectivity index (χ4v) is 1.18. The van der Waals surface area contributed by atoms with E-state index in [-0.39, 0.29) is 6.79 Å². The zero-order valence-corrected chi connectivity index (χ0v) is 8.26. The highest BCUT2D eigenvalue weighted by Crippen LogP contribution is 2.09. The van der Waals surface area contributed by atoms with Gasteiger partial charge in [-0.3, -0.25) is 0 Å². The van der Waals surface area contributed by atoms with Gasteiger partial charge in [0.25, 0.3) is 0 Å². The monoisotopic (exact) mass is 204 g/mol. The summed E-state index contributed by atoms with van der Waals surface area (Å²) in [5, 5.41) is 0. The van der Waals surface area contributed by atoms with Crippen LogP contribution in [-0.2, 0) is 11.3 Å². The molecule has 0 radical (unpaired) electrons. The Morgan fingerprint density at radius 3 is 2.67 bits per heavy atom. The highest BCUT2D eigenvalue weighted by molar-refractivity contribution is 5.13. The van der Waals surface area contributed by atoms with Gasteiger partial charge in [0.1, 0.15) is 6.26 Å². The Hall–Kier alpha value is -1.74. The third-order valence-electron chi connectivity index (χ3n) is 1.92. The Morgan fingerprint density at radius 2 is 1.93 bits per heavy atom. The van der Waals surface area contributed by atoms with Gasteiger partial charge in [0, 0.05) is 6.07 Å². The maximum absolute atomic E-state index is 5.33. The van der Waals surface area contributed by atoms with Gasteiger partial charge < -0.3 is 13.9 Å². The Kier molecular flexibility index (Phi) is 3.41. The maximum Gasteiger partial charge on any atom is 0.189 e. The van der Waals surface area contributed by atoms with Crippen LogP contribution < -0.4 is 4.74 Å². The van der Waals surface area contributed by atoms with E-state index in [2.05, 4.69) is 0 Å². The Labute approximate surface area is 88.2 Å². The van der Waals surface area contributed by atoms with Crippen LogP contribution in [0.25, 0.3) is 0 Å². The van der Waals surface area contributed by atoms with Crippen molar-refractivity contribution in [1.82, 2.24) is 0 Å². The molecule has 2 rings (SSSR count). The van der Waals surface area contributed by atoms with Gasteiger partial charge in [-0.25, -0.2) is 0 Å². The lowest BCUT2D eigenvalue weighted by Gasteiger charge is -2.04. The summed E-state index contributed by atoms with van der Waals surface area (Å²) in [6.45, 7) is 0.785. The third kappa shape index (κ3) is 3.14. The van der Waals surface area contributed by atoms with Crippen molar-refractivity contribution < 1.29 is 13.9 Å². The van der Waals surface area contributed by atoms with Crippen molar-refractivity contribution in [2.75, 3.05) is 6.79 Å². The van der Waals surface area contributed by atoms with Crippen LogP contribution in [0.4, 0.5) is 0 Å². The maximum atomic E-state index is 5.33. The lowest BCUT2D eigenvalue weighted by Crippen LogP contribution is -2.02. The molecular formula is C12H12O3. The smallest absolute Gasteiger partial charge is 0.189 e. The van der Waals surface area contributed by atoms with Crippen molar-refractivity contribution in [1.29, 1.82) is 0 Å². The highest BCUT2D eigenvalue weighted by Gasteiger charge is 1.94. The van der Waals surface area contributed by atoms with E-state index >= 15 is 0 Å². The normalized spacial score (nSPS) is 10.1. The van der Waals surface area contributed by atoms with Gasteiger partial charge in [-0.1, -0.05) is 30.3 Å². The SMILES string of the molecule is c1ccc(COCOc2ccoc2)cc1. The summed E-state index contributed by atoms with van der Waals surface area (Å²) in [4.78, 5) is 0. The molecule has 0 aliphatic carbocycles. The van der Waals surface area contributed by atoms with Crippen molar-refractivity contribution in [3.05, 3.63) is 54.5 Å². The summed E-state index contributed by atoms with van der Waals surface area (Å²) < 4.78 is 15.4. The molecule has 0 spiro atoms. The summed E-state index contributed by atoms with van der Waals surface area (Å²) in [6.07, 6.45) is 3.10. The van der Waals surface area contributed by atoms with Gasteiger partial charge in [0.05, 0.1) is 12.9 Å². The first kappa shape index (κ1) is 9.80. The molecule has 0 aliphatic rings. The van der Waals surface area contributed by atoms with Crippen LogP contribution in [-0.4, -0.2) is 6.79 Å². The van der Waals surface area contributed by atoms with Crippen molar-refractivity contribution in [2.45, 2.75) is 6.61 Å². The standard InChI is InChI=1S/C12H12O3/c1-2-4-11(5-3-1)8-14-10-15-12-6-7-13-9-12/h1-7,9H,8,10H2. The first-order valence-corrected chi connectivity index (χ1v) is 4.72. The predicted molar refractivity (Wildman–Crippen MR) is 55.4 cm³/mol. The average Bonchev–Trinajstić information content (AvgIpc) is 2.79. The van der Waals surface area contributed by atoms with Gasteiger partial charge >= 0.3 is 0 Å². The molecule has 0 unspecified atom stereocenters. The van der Waals surface area contributed by atoms with Crippen molar-refractivity contribution in [3.63, 3.8) is 0 Å². The zero-order chi connectivity index (χ0) is 10.3. The minimum absolute atomic E-state index is 0.231. The fraction of sp³-hybridized carbons (Fsp3) is 0.167. The molecule has 0 saturated carbocycles. The predicted octanol–water partition coefficient (Wildman–Crippen LogP) is 2.83. The topological polar surface area (TPSA) is 31.6 Å². The lowest BCUT2D eigenvalue weighted by molar-refractivity contribution is 0.00472. The van der Waals surface area contributed by atoms with E-state index < -0.39 is 0 Å². The van der Waals surface area contributed by atoms with Gasteiger partial charge in [0.15, 0.2) is 12.5 Å². The minimum Gasteiger partial charge on any atom is -0.469 e. The van der Waals surface area contributed by atoms with Crippen molar-refractivity contribution >= 4 is 0 Å². The van der Waals surface area contributed by atoms with Crippen LogP contribution in [0.15, 0.2) is 53.3 Å². The van der Waals surface area contributed by atoms with Crippen LogP contribution in [0.5, 0.6) is 5.75 Å². The van der Waals surface area contributed by atoms with Gasteiger partial charge in [-0.2, -0.15) is 0 Å². The van der Waals surface area contributed by atoms with Crippen LogP contribution >= 0.6 is 0 Å². The van der Waals surface area contributed by atoms with Crippen molar-refractivity contribution in [3.8, 4) is 5.75 Å². The fourth-order valence-electron chi connectivity index (χ4n) is 1.18. The van der Waals surface area contributed by atoms with Crippen LogP contribution in [0, 0.1) is 0 Å². The highest BCUT2D eigenvalue weighted by atomic mass is 16.7. The minimum atomic E-state index is 0.231. The molecule has 78 valence electrons. The molecule has 2 aromatic rings. The van der Waals surface area contributed by atoms with Gasteiger partial charge in [-0.15, -0.1) is 0 Å². The quantitative estimate of drug-likeness (QED) is 0.554. The first-order valence-electron chi connectivity index (χ1n) is 4.72. The van der Waals surface area contributed by atoms with Gasteiger partial charge in [0.2, 0.25) is 0 Å².